The van der Waals surface area contributed by atoms with Gasteiger partial charge in [-0.2, -0.15) is 0 Å². The van der Waals surface area contributed by atoms with Crippen molar-refractivity contribution in [3.8, 4) is 0 Å². The van der Waals surface area contributed by atoms with E-state index in [-0.39, 0.29) is 11.9 Å². The van der Waals surface area contributed by atoms with E-state index in [1.165, 1.54) is 0 Å². The summed E-state index contributed by atoms with van der Waals surface area (Å²) in [7, 11) is 0. The molecule has 1 heterocycles. The second-order valence-corrected chi connectivity index (χ2v) is 6.02. The molecule has 1 N–H and O–H groups in total. The maximum Gasteiger partial charge on any atom is 0.243 e. The predicted octanol–water partition coefficient (Wildman–Crippen LogP) is 3.61. The van der Waals surface area contributed by atoms with Gasteiger partial charge in [0.1, 0.15) is 10.4 Å². The second kappa shape index (κ2) is 6.17. The molecule has 0 aliphatic heterocycles. The summed E-state index contributed by atoms with van der Waals surface area (Å²) in [4.78, 5) is 17.5. The zero-order chi connectivity index (χ0) is 13.8. The van der Waals surface area contributed by atoms with E-state index in [1.807, 2.05) is 44.2 Å². The lowest BCUT2D eigenvalue weighted by Crippen LogP contribution is -2.29. The molecule has 19 heavy (non-hydrogen) atoms. The van der Waals surface area contributed by atoms with Crippen molar-refractivity contribution >= 4 is 28.8 Å². The van der Waals surface area contributed by atoms with Crippen LogP contribution in [0.3, 0.4) is 0 Å². The van der Waals surface area contributed by atoms with E-state index < -0.39 is 5.38 Å². The van der Waals surface area contributed by atoms with Crippen molar-refractivity contribution in [1.82, 2.24) is 10.3 Å². The van der Waals surface area contributed by atoms with Crippen molar-refractivity contribution in [2.45, 2.75) is 25.3 Å². The Hall–Kier alpha value is -1.39. The van der Waals surface area contributed by atoms with Crippen LogP contribution < -0.4 is 5.32 Å². The van der Waals surface area contributed by atoms with Crippen molar-refractivity contribution < 1.29 is 4.79 Å². The van der Waals surface area contributed by atoms with Crippen LogP contribution in [0.1, 0.15) is 33.8 Å². The number of benzene rings is 1. The molecule has 0 aliphatic rings. The van der Waals surface area contributed by atoms with Gasteiger partial charge in [-0.15, -0.1) is 22.9 Å². The Morgan fingerprint density at radius 3 is 2.63 bits per heavy atom. The number of rotatable bonds is 4. The van der Waals surface area contributed by atoms with Gasteiger partial charge in [0.25, 0.3) is 0 Å². The van der Waals surface area contributed by atoms with Gasteiger partial charge in [0.05, 0.1) is 6.04 Å². The van der Waals surface area contributed by atoms with Crippen LogP contribution in [0.4, 0.5) is 0 Å². The summed E-state index contributed by atoms with van der Waals surface area (Å²) in [6, 6.07) is 9.19. The molecule has 3 nitrogen and oxygen atoms in total. The second-order valence-electron chi connectivity index (χ2n) is 4.31. The van der Waals surface area contributed by atoms with E-state index in [0.717, 1.165) is 15.4 Å². The quantitative estimate of drug-likeness (QED) is 0.875. The molecule has 2 rings (SSSR count). The maximum atomic E-state index is 12.1. The minimum Gasteiger partial charge on any atom is -0.346 e. The Kier molecular flexibility index (Phi) is 4.56. The van der Waals surface area contributed by atoms with Gasteiger partial charge in [-0.05, 0) is 19.4 Å². The van der Waals surface area contributed by atoms with Gasteiger partial charge in [0.2, 0.25) is 5.91 Å². The lowest BCUT2D eigenvalue weighted by molar-refractivity contribution is -0.121. The van der Waals surface area contributed by atoms with Crippen LogP contribution in [0, 0.1) is 6.92 Å². The van der Waals surface area contributed by atoms with Crippen molar-refractivity contribution in [3.05, 3.63) is 52.0 Å². The first-order chi connectivity index (χ1) is 9.08. The van der Waals surface area contributed by atoms with Crippen LogP contribution in [0.25, 0.3) is 0 Å². The molecule has 0 aliphatic carbocycles. The highest BCUT2D eigenvalue weighted by Gasteiger charge is 2.20. The van der Waals surface area contributed by atoms with E-state index in [4.69, 9.17) is 11.6 Å². The molecule has 2 aromatic rings. The molecule has 0 saturated heterocycles. The normalized spacial score (nSPS) is 13.8. The van der Waals surface area contributed by atoms with Crippen LogP contribution in [0.15, 0.2) is 36.5 Å². The number of alkyl halides is 1. The minimum absolute atomic E-state index is 0.129. The highest BCUT2D eigenvalue weighted by atomic mass is 35.5. The topological polar surface area (TPSA) is 42.0 Å². The largest absolute Gasteiger partial charge is 0.346 e. The Labute approximate surface area is 121 Å². The fourth-order valence-electron chi connectivity index (χ4n) is 1.69. The molecule has 0 fully saturated rings. The van der Waals surface area contributed by atoms with Crippen LogP contribution in [0.5, 0.6) is 0 Å². The number of nitrogens with one attached hydrogen (secondary N) is 1. The van der Waals surface area contributed by atoms with Gasteiger partial charge in [-0.25, -0.2) is 4.98 Å². The van der Waals surface area contributed by atoms with Gasteiger partial charge < -0.3 is 5.32 Å². The smallest absolute Gasteiger partial charge is 0.243 e. The molecular formula is C14H15ClN2OS. The summed E-state index contributed by atoms with van der Waals surface area (Å²) in [5.41, 5.74) is 0.796. The molecule has 0 radical (unpaired) electrons. The van der Waals surface area contributed by atoms with E-state index in [1.54, 1.807) is 17.5 Å². The van der Waals surface area contributed by atoms with E-state index in [9.17, 15) is 4.79 Å². The van der Waals surface area contributed by atoms with Crippen molar-refractivity contribution in [2.75, 3.05) is 0 Å². The average molecular weight is 295 g/mol. The summed E-state index contributed by atoms with van der Waals surface area (Å²) >= 11 is 7.74. The summed E-state index contributed by atoms with van der Waals surface area (Å²) in [5.74, 6) is -0.201. The number of aromatic nitrogens is 1. The molecule has 0 saturated carbocycles. The Balaban J connectivity index is 2.01. The van der Waals surface area contributed by atoms with Crippen LogP contribution in [-0.2, 0) is 4.79 Å². The van der Waals surface area contributed by atoms with E-state index in [2.05, 4.69) is 10.3 Å². The molecule has 1 aromatic heterocycles. The lowest BCUT2D eigenvalue weighted by atomic mass is 10.1. The highest BCUT2D eigenvalue weighted by molar-refractivity contribution is 7.11. The molecule has 5 heteroatoms. The summed E-state index contributed by atoms with van der Waals surface area (Å²) in [5, 5.41) is 3.10. The van der Waals surface area contributed by atoms with E-state index in [0.29, 0.717) is 0 Å². The SMILES string of the molecule is Cc1cnc(C(C)NC(=O)C(Cl)c2ccccc2)s1. The van der Waals surface area contributed by atoms with Crippen LogP contribution in [-0.4, -0.2) is 10.9 Å². The number of halogens is 1. The number of hydrogen-bond donors (Lipinski definition) is 1. The van der Waals surface area contributed by atoms with Gasteiger partial charge in [-0.1, -0.05) is 30.3 Å². The third-order valence-corrected chi connectivity index (χ3v) is 4.24. The third kappa shape index (κ3) is 3.55. The average Bonchev–Trinajstić information content (AvgIpc) is 2.85. The van der Waals surface area contributed by atoms with Gasteiger partial charge in [-0.3, -0.25) is 4.79 Å². The van der Waals surface area contributed by atoms with Crippen LogP contribution in [0.2, 0.25) is 0 Å². The number of thiazole rings is 1. The van der Waals surface area contributed by atoms with Crippen molar-refractivity contribution in [3.63, 3.8) is 0 Å². The first-order valence-corrected chi connectivity index (χ1v) is 7.25. The molecule has 2 atom stereocenters. The first kappa shape index (κ1) is 14.0. The molecule has 1 aromatic carbocycles. The standard InChI is InChI=1S/C14H15ClN2OS/c1-9-8-16-14(19-9)10(2)17-13(18)12(15)11-6-4-3-5-7-11/h3-8,10,12H,1-2H3,(H,17,18). The number of aryl methyl sites for hydroxylation is 1. The van der Waals surface area contributed by atoms with Gasteiger partial charge in [0, 0.05) is 11.1 Å². The monoisotopic (exact) mass is 294 g/mol. The number of nitrogens with zero attached hydrogens (tertiary/aromatic N) is 1. The van der Waals surface area contributed by atoms with Crippen molar-refractivity contribution in [1.29, 1.82) is 0 Å². The van der Waals surface area contributed by atoms with Crippen molar-refractivity contribution in [2.24, 2.45) is 0 Å². The fraction of sp³-hybridized carbons (Fsp3) is 0.286. The zero-order valence-electron chi connectivity index (χ0n) is 10.8. The third-order valence-electron chi connectivity index (χ3n) is 2.69. The maximum absolute atomic E-state index is 12.1. The molecule has 0 spiro atoms. The Morgan fingerprint density at radius 2 is 2.05 bits per heavy atom. The molecule has 100 valence electrons. The summed E-state index contributed by atoms with van der Waals surface area (Å²) in [6.45, 7) is 3.90. The molecule has 2 unspecified atom stereocenters. The lowest BCUT2D eigenvalue weighted by Gasteiger charge is -2.14. The van der Waals surface area contributed by atoms with Crippen LogP contribution >= 0.6 is 22.9 Å². The zero-order valence-corrected chi connectivity index (χ0v) is 12.3. The Bertz CT molecular complexity index is 556. The highest BCUT2D eigenvalue weighted by Crippen LogP contribution is 2.23. The summed E-state index contributed by atoms with van der Waals surface area (Å²) in [6.07, 6.45) is 1.80. The first-order valence-electron chi connectivity index (χ1n) is 5.99. The number of carbonyl (C=O) groups excluding carboxylic acids is 1. The predicted molar refractivity (Wildman–Crippen MR) is 78.4 cm³/mol. The number of amides is 1. The van der Waals surface area contributed by atoms with Gasteiger partial charge >= 0.3 is 0 Å². The molecular weight excluding hydrogens is 280 g/mol. The number of carbonyl (C=O) groups is 1. The molecule has 1 amide bonds. The Morgan fingerprint density at radius 1 is 1.37 bits per heavy atom. The summed E-state index contributed by atoms with van der Waals surface area (Å²) < 4.78 is 0. The van der Waals surface area contributed by atoms with Gasteiger partial charge in [0.15, 0.2) is 0 Å². The number of hydrogen-bond acceptors (Lipinski definition) is 3. The molecule has 0 bridgehead atoms. The van der Waals surface area contributed by atoms with E-state index >= 15 is 0 Å². The fourth-order valence-corrected chi connectivity index (χ4v) is 2.68. The minimum atomic E-state index is -0.676.